The number of aliphatic hydroxyl groups excluding tert-OH is 1. The van der Waals surface area contributed by atoms with E-state index in [1.54, 1.807) is 31.7 Å². The fourth-order valence-corrected chi connectivity index (χ4v) is 5.24. The number of rotatable bonds is 2. The highest BCUT2D eigenvalue weighted by atomic mass is 19.1. The summed E-state index contributed by atoms with van der Waals surface area (Å²) < 4.78 is 25.8. The molecule has 11 heteroatoms. The van der Waals surface area contributed by atoms with E-state index in [2.05, 4.69) is 10.6 Å². The number of amides is 3. The van der Waals surface area contributed by atoms with Crippen molar-refractivity contribution in [1.29, 1.82) is 0 Å². The fraction of sp³-hybridized carbons (Fsp3) is 0.667. The Kier molecular flexibility index (Phi) is 8.77. The van der Waals surface area contributed by atoms with Crippen LogP contribution in [0.5, 0.6) is 5.75 Å². The smallest absolute Gasteiger partial charge is 0.410 e. The van der Waals surface area contributed by atoms with Crippen molar-refractivity contribution >= 4 is 17.9 Å². The Morgan fingerprint density at radius 1 is 1.18 bits per heavy atom. The molecule has 3 N–H and O–H groups in total. The van der Waals surface area contributed by atoms with Gasteiger partial charge in [0.2, 0.25) is 11.8 Å². The number of fused-ring (bicyclic) bond motifs is 4. The Bertz CT molecular complexity index is 1030. The van der Waals surface area contributed by atoms with Gasteiger partial charge in [0.05, 0.1) is 30.7 Å². The summed E-state index contributed by atoms with van der Waals surface area (Å²) in [5.74, 6) is -1.09. The molecule has 3 amide bonds. The first kappa shape index (κ1) is 28.1. The number of ether oxygens (including phenoxy) is 2. The molecule has 3 aliphatic heterocycles. The normalized spacial score (nSPS) is 26.1. The standard InChI is InChI=1S/C27H39FN4O6/c1-27(2,3)38-26(36)32-8-6-29-15-22(32)24(34)21-12-17-10-19(28)14-20(11-17)37-9-5-4-7-31-16-18(13-23(31)33)25(35)30-21/h10-11,14,18,21-22,24,29,34H,4-9,12-13,15-16H2,1-3H3,(H,30,35)/t18?,21-,22+,24-/m0/s1. The molecule has 1 aromatic rings. The maximum Gasteiger partial charge on any atom is 0.410 e. The first-order valence-electron chi connectivity index (χ1n) is 13.4. The molecule has 10 nitrogen and oxygen atoms in total. The van der Waals surface area contributed by atoms with Crippen LogP contribution in [0.1, 0.15) is 45.6 Å². The van der Waals surface area contributed by atoms with E-state index >= 15 is 0 Å². The van der Waals surface area contributed by atoms with E-state index in [0.29, 0.717) is 63.5 Å². The number of piperazine rings is 1. The molecule has 4 rings (SSSR count). The van der Waals surface area contributed by atoms with Crippen LogP contribution in [-0.4, -0.2) is 95.9 Å². The minimum atomic E-state index is -1.20. The number of nitrogens with zero attached hydrogens (tertiary/aromatic N) is 2. The van der Waals surface area contributed by atoms with Gasteiger partial charge in [-0.05, 0) is 57.7 Å². The maximum atomic E-state index is 14.5. The Hall–Kier alpha value is -2.92. The molecule has 210 valence electrons. The molecular formula is C27H39FN4O6. The summed E-state index contributed by atoms with van der Waals surface area (Å²) in [5, 5.41) is 17.7. The number of nitrogens with one attached hydrogen (secondary N) is 2. The molecule has 0 saturated carbocycles. The number of hydrogen-bond acceptors (Lipinski definition) is 7. The number of halogens is 1. The van der Waals surface area contributed by atoms with Crippen LogP contribution in [-0.2, 0) is 20.7 Å². The van der Waals surface area contributed by atoms with Gasteiger partial charge in [-0.2, -0.15) is 0 Å². The average molecular weight is 535 g/mol. The summed E-state index contributed by atoms with van der Waals surface area (Å²) in [6.45, 7) is 7.66. The molecule has 1 aromatic carbocycles. The van der Waals surface area contributed by atoms with Crippen molar-refractivity contribution in [2.75, 3.05) is 39.3 Å². The largest absolute Gasteiger partial charge is 0.493 e. The van der Waals surface area contributed by atoms with Crippen molar-refractivity contribution in [2.45, 2.75) is 70.2 Å². The van der Waals surface area contributed by atoms with Gasteiger partial charge in [-0.3, -0.25) is 14.5 Å². The molecule has 0 aliphatic carbocycles. The first-order chi connectivity index (χ1) is 18.0. The van der Waals surface area contributed by atoms with Crippen LogP contribution in [0.2, 0.25) is 0 Å². The predicted molar refractivity (Wildman–Crippen MR) is 137 cm³/mol. The summed E-state index contributed by atoms with van der Waals surface area (Å²) >= 11 is 0. The Morgan fingerprint density at radius 2 is 1.97 bits per heavy atom. The number of carbonyl (C=O) groups excluding carboxylic acids is 3. The second kappa shape index (κ2) is 11.9. The molecule has 4 bridgehead atoms. The highest BCUT2D eigenvalue weighted by Gasteiger charge is 2.41. The van der Waals surface area contributed by atoms with Crippen molar-refractivity contribution in [1.82, 2.24) is 20.4 Å². The second-order valence-electron chi connectivity index (χ2n) is 11.3. The zero-order chi connectivity index (χ0) is 27.4. The van der Waals surface area contributed by atoms with E-state index in [1.807, 2.05) is 0 Å². The van der Waals surface area contributed by atoms with E-state index in [-0.39, 0.29) is 24.7 Å². The summed E-state index contributed by atoms with van der Waals surface area (Å²) in [5.41, 5.74) is -0.177. The van der Waals surface area contributed by atoms with Crippen LogP contribution in [0.25, 0.3) is 0 Å². The van der Waals surface area contributed by atoms with E-state index < -0.39 is 41.6 Å². The van der Waals surface area contributed by atoms with Crippen molar-refractivity contribution in [3.05, 3.63) is 29.6 Å². The van der Waals surface area contributed by atoms with Gasteiger partial charge in [0.25, 0.3) is 0 Å². The molecular weight excluding hydrogens is 495 g/mol. The minimum absolute atomic E-state index is 0.0740. The van der Waals surface area contributed by atoms with Gasteiger partial charge in [-0.25, -0.2) is 9.18 Å². The molecule has 38 heavy (non-hydrogen) atoms. The van der Waals surface area contributed by atoms with Gasteiger partial charge in [0.15, 0.2) is 0 Å². The van der Waals surface area contributed by atoms with Crippen molar-refractivity contribution in [3.8, 4) is 5.75 Å². The third kappa shape index (κ3) is 7.13. The third-order valence-electron chi connectivity index (χ3n) is 7.11. The van der Waals surface area contributed by atoms with Crippen LogP contribution < -0.4 is 15.4 Å². The number of carbonyl (C=O) groups is 3. The van der Waals surface area contributed by atoms with E-state index in [1.165, 1.54) is 17.0 Å². The highest BCUT2D eigenvalue weighted by molar-refractivity contribution is 5.89. The van der Waals surface area contributed by atoms with Gasteiger partial charge in [0.1, 0.15) is 17.2 Å². The molecule has 2 saturated heterocycles. The minimum Gasteiger partial charge on any atom is -0.493 e. The van der Waals surface area contributed by atoms with E-state index in [0.717, 1.165) is 0 Å². The summed E-state index contributed by atoms with van der Waals surface area (Å²) in [7, 11) is 0. The van der Waals surface area contributed by atoms with E-state index in [4.69, 9.17) is 9.47 Å². The Morgan fingerprint density at radius 3 is 2.74 bits per heavy atom. The van der Waals surface area contributed by atoms with Crippen LogP contribution in [0, 0.1) is 11.7 Å². The molecule has 0 aromatic heterocycles. The SMILES string of the molecule is CC(C)(C)OC(=O)N1CCNC[C@@H]1[C@@H](O)[C@@H]1Cc2cc(F)cc(c2)OCCCCN2CC(CC2=O)C(=O)N1. The molecule has 4 atom stereocenters. The number of aliphatic hydroxyl groups is 1. The predicted octanol–water partition coefficient (Wildman–Crippen LogP) is 1.44. The van der Waals surface area contributed by atoms with Crippen LogP contribution >= 0.6 is 0 Å². The lowest BCUT2D eigenvalue weighted by atomic mass is 9.93. The van der Waals surface area contributed by atoms with Gasteiger partial charge < -0.3 is 30.1 Å². The zero-order valence-corrected chi connectivity index (χ0v) is 22.4. The molecule has 0 spiro atoms. The highest BCUT2D eigenvalue weighted by Crippen LogP contribution is 2.24. The van der Waals surface area contributed by atoms with Gasteiger partial charge >= 0.3 is 6.09 Å². The Balaban J connectivity index is 1.62. The van der Waals surface area contributed by atoms with Crippen LogP contribution in [0.3, 0.4) is 0 Å². The van der Waals surface area contributed by atoms with Crippen molar-refractivity contribution in [2.24, 2.45) is 5.92 Å². The first-order valence-corrected chi connectivity index (χ1v) is 13.4. The molecule has 3 aliphatic rings. The molecule has 1 unspecified atom stereocenters. The van der Waals surface area contributed by atoms with Crippen LogP contribution in [0.15, 0.2) is 18.2 Å². The van der Waals surface area contributed by atoms with Gasteiger partial charge in [0, 0.05) is 45.2 Å². The third-order valence-corrected chi connectivity index (χ3v) is 7.11. The van der Waals surface area contributed by atoms with Crippen molar-refractivity contribution < 1.29 is 33.4 Å². The zero-order valence-electron chi connectivity index (χ0n) is 22.4. The number of benzene rings is 1. The number of hydrogen-bond donors (Lipinski definition) is 3. The summed E-state index contributed by atoms with van der Waals surface area (Å²) in [6, 6.07) is 2.80. The van der Waals surface area contributed by atoms with Crippen LogP contribution in [0.4, 0.5) is 9.18 Å². The van der Waals surface area contributed by atoms with Crippen molar-refractivity contribution in [3.63, 3.8) is 0 Å². The maximum absolute atomic E-state index is 14.5. The second-order valence-corrected chi connectivity index (χ2v) is 11.3. The Labute approximate surface area is 222 Å². The van der Waals surface area contributed by atoms with Gasteiger partial charge in [-0.15, -0.1) is 0 Å². The molecule has 3 heterocycles. The summed E-state index contributed by atoms with van der Waals surface area (Å²) in [4.78, 5) is 42.0. The lowest BCUT2D eigenvalue weighted by Gasteiger charge is -2.41. The lowest BCUT2D eigenvalue weighted by Crippen LogP contribution is -2.63. The summed E-state index contributed by atoms with van der Waals surface area (Å²) in [6.07, 6.45) is -0.156. The molecule has 2 fully saturated rings. The topological polar surface area (TPSA) is 120 Å². The quantitative estimate of drug-likeness (QED) is 0.525. The van der Waals surface area contributed by atoms with Gasteiger partial charge in [-0.1, -0.05) is 0 Å². The average Bonchev–Trinajstić information content (AvgIpc) is 3.21. The lowest BCUT2D eigenvalue weighted by molar-refractivity contribution is -0.129. The fourth-order valence-electron chi connectivity index (χ4n) is 5.24. The monoisotopic (exact) mass is 534 g/mol. The van der Waals surface area contributed by atoms with E-state index in [9.17, 15) is 23.9 Å². The molecule has 0 radical (unpaired) electrons.